The first-order valence-electron chi connectivity index (χ1n) is 14.9. The molecule has 2 aliphatic rings. The van der Waals surface area contributed by atoms with Crippen molar-refractivity contribution in [1.29, 1.82) is 0 Å². The lowest BCUT2D eigenvalue weighted by molar-refractivity contribution is -0.124. The lowest BCUT2D eigenvalue weighted by atomic mass is 9.79. The highest BCUT2D eigenvalue weighted by molar-refractivity contribution is 7.15. The molecule has 2 aliphatic carbocycles. The minimum atomic E-state index is -0.271. The molecule has 2 saturated carbocycles. The molecule has 40 heavy (non-hydrogen) atoms. The normalized spacial score (nSPS) is 23.2. The fourth-order valence-corrected chi connectivity index (χ4v) is 7.21. The van der Waals surface area contributed by atoms with Gasteiger partial charge in [-0.15, -0.1) is 11.3 Å². The summed E-state index contributed by atoms with van der Waals surface area (Å²) in [7, 11) is 1.69. The molecule has 5 rings (SSSR count). The third kappa shape index (κ3) is 6.58. The van der Waals surface area contributed by atoms with Gasteiger partial charge in [0, 0.05) is 41.9 Å². The van der Waals surface area contributed by atoms with E-state index in [1.807, 2.05) is 19.2 Å². The number of benzene rings is 1. The van der Waals surface area contributed by atoms with Gasteiger partial charge in [0.1, 0.15) is 5.75 Å². The molecular formula is C33H43N3O3S. The van der Waals surface area contributed by atoms with Crippen molar-refractivity contribution in [2.45, 2.75) is 90.1 Å². The van der Waals surface area contributed by atoms with Crippen molar-refractivity contribution < 1.29 is 14.6 Å². The van der Waals surface area contributed by atoms with Gasteiger partial charge in [0.2, 0.25) is 5.91 Å². The summed E-state index contributed by atoms with van der Waals surface area (Å²) in [6, 6.07) is 12.6. The van der Waals surface area contributed by atoms with E-state index in [2.05, 4.69) is 54.1 Å². The van der Waals surface area contributed by atoms with E-state index in [0.717, 1.165) is 83.3 Å². The summed E-state index contributed by atoms with van der Waals surface area (Å²) in [4.78, 5) is 26.7. The molecule has 2 heterocycles. The highest BCUT2D eigenvalue weighted by Gasteiger charge is 2.32. The quantitative estimate of drug-likeness (QED) is 0.308. The van der Waals surface area contributed by atoms with E-state index in [9.17, 15) is 9.90 Å². The van der Waals surface area contributed by atoms with Crippen LogP contribution in [0.4, 0.5) is 5.69 Å². The van der Waals surface area contributed by atoms with E-state index in [1.165, 1.54) is 0 Å². The molecule has 0 bridgehead atoms. The van der Waals surface area contributed by atoms with Crippen LogP contribution in [0.25, 0.3) is 10.4 Å². The van der Waals surface area contributed by atoms with E-state index in [-0.39, 0.29) is 17.9 Å². The van der Waals surface area contributed by atoms with Crippen LogP contribution in [0, 0.1) is 18.8 Å². The lowest BCUT2D eigenvalue weighted by Crippen LogP contribution is -2.41. The second-order valence-electron chi connectivity index (χ2n) is 12.0. The van der Waals surface area contributed by atoms with E-state index in [1.54, 1.807) is 18.4 Å². The summed E-state index contributed by atoms with van der Waals surface area (Å²) >= 11 is 1.73. The number of nitrogens with zero attached hydrogens (tertiary/aromatic N) is 3. The highest BCUT2D eigenvalue weighted by atomic mass is 32.1. The summed E-state index contributed by atoms with van der Waals surface area (Å²) in [5.74, 6) is 2.33. The smallest absolute Gasteiger partial charge is 0.230 e. The van der Waals surface area contributed by atoms with Crippen LogP contribution in [0.15, 0.2) is 42.6 Å². The number of carbonyl (C=O) groups is 1. The Hall–Kier alpha value is -2.77. The maximum atomic E-state index is 14.0. The Balaban J connectivity index is 1.33. The van der Waals surface area contributed by atoms with Gasteiger partial charge in [-0.3, -0.25) is 9.78 Å². The second kappa shape index (κ2) is 12.8. The van der Waals surface area contributed by atoms with Crippen molar-refractivity contribution in [1.82, 2.24) is 9.97 Å². The molecule has 7 heteroatoms. The minimum Gasteiger partial charge on any atom is -0.495 e. The van der Waals surface area contributed by atoms with Crippen LogP contribution in [0.1, 0.15) is 93.4 Å². The lowest BCUT2D eigenvalue weighted by Gasteiger charge is -2.35. The molecule has 1 N–H and O–H groups in total. The van der Waals surface area contributed by atoms with Crippen molar-refractivity contribution >= 4 is 22.9 Å². The minimum absolute atomic E-state index is 0.0224. The zero-order chi connectivity index (χ0) is 28.2. The molecule has 0 saturated heterocycles. The van der Waals surface area contributed by atoms with Crippen molar-refractivity contribution in [3.63, 3.8) is 0 Å². The van der Waals surface area contributed by atoms with Crippen LogP contribution in [-0.2, 0) is 4.79 Å². The number of aliphatic hydroxyl groups excluding tert-OH is 1. The zero-order valence-electron chi connectivity index (χ0n) is 24.3. The Labute approximate surface area is 242 Å². The molecule has 1 amide bonds. The standard InChI is InChI=1S/C33H43N3O3S/c1-21(2)32-34-19-31(40-32)26-6-5-7-27(18-26)36(33(38)25-12-14-28(37)15-13-25)20-23-8-10-24(11-9-23)29-16-17-30(39-4)22(3)35-29/h5-7,16-19,21,23-25,28,37H,8-15,20H2,1-4H3. The van der Waals surface area contributed by atoms with Gasteiger partial charge in [0.25, 0.3) is 0 Å². The SMILES string of the molecule is COc1ccc(C2CCC(CN(C(=O)C3CCC(O)CC3)c3cccc(-c4cnc(C(C)C)s4)c3)CC2)nc1C. The van der Waals surface area contributed by atoms with Gasteiger partial charge in [-0.1, -0.05) is 26.0 Å². The van der Waals surface area contributed by atoms with E-state index < -0.39 is 0 Å². The monoisotopic (exact) mass is 561 g/mol. The second-order valence-corrected chi connectivity index (χ2v) is 13.0. The molecule has 2 fully saturated rings. The molecule has 6 nitrogen and oxygen atoms in total. The fraction of sp³-hybridized carbons (Fsp3) is 0.545. The first-order chi connectivity index (χ1) is 19.3. The van der Waals surface area contributed by atoms with Crippen molar-refractivity contribution in [3.05, 3.63) is 59.0 Å². The maximum Gasteiger partial charge on any atom is 0.230 e. The summed E-state index contributed by atoms with van der Waals surface area (Å²) in [6.45, 7) is 7.08. The number of amides is 1. The van der Waals surface area contributed by atoms with Crippen molar-refractivity contribution in [3.8, 4) is 16.2 Å². The summed E-state index contributed by atoms with van der Waals surface area (Å²) in [6.07, 6.45) is 8.96. The van der Waals surface area contributed by atoms with Gasteiger partial charge in [0.15, 0.2) is 0 Å². The predicted octanol–water partition coefficient (Wildman–Crippen LogP) is 7.50. The number of pyridine rings is 1. The number of hydrogen-bond acceptors (Lipinski definition) is 6. The molecule has 2 aromatic heterocycles. The Kier molecular flexibility index (Phi) is 9.21. The fourth-order valence-electron chi connectivity index (χ4n) is 6.29. The van der Waals surface area contributed by atoms with Crippen LogP contribution in [0.5, 0.6) is 5.75 Å². The number of carbonyl (C=O) groups excluding carboxylic acids is 1. The number of hydrogen-bond donors (Lipinski definition) is 1. The van der Waals surface area contributed by atoms with Crippen LogP contribution >= 0.6 is 11.3 Å². The number of rotatable bonds is 8. The highest BCUT2D eigenvalue weighted by Crippen LogP contribution is 2.38. The van der Waals surface area contributed by atoms with E-state index in [4.69, 9.17) is 9.72 Å². The largest absolute Gasteiger partial charge is 0.495 e. The Morgan fingerprint density at radius 3 is 2.48 bits per heavy atom. The average Bonchev–Trinajstić information content (AvgIpc) is 3.47. The van der Waals surface area contributed by atoms with Gasteiger partial charge in [0.05, 0.1) is 28.8 Å². The molecule has 0 atom stereocenters. The predicted molar refractivity (Wildman–Crippen MR) is 162 cm³/mol. The number of anilines is 1. The molecule has 0 unspecified atom stereocenters. The summed E-state index contributed by atoms with van der Waals surface area (Å²) in [5.41, 5.74) is 4.19. The van der Waals surface area contributed by atoms with Gasteiger partial charge >= 0.3 is 0 Å². The number of aliphatic hydroxyl groups is 1. The Morgan fingerprint density at radius 1 is 1.07 bits per heavy atom. The number of methoxy groups -OCH3 is 1. The maximum absolute atomic E-state index is 14.0. The van der Waals surface area contributed by atoms with Crippen LogP contribution in [-0.4, -0.2) is 40.7 Å². The molecule has 3 aromatic rings. The summed E-state index contributed by atoms with van der Waals surface area (Å²) < 4.78 is 5.40. The van der Waals surface area contributed by atoms with Crippen molar-refractivity contribution in [2.24, 2.45) is 11.8 Å². The summed E-state index contributed by atoms with van der Waals surface area (Å²) in [5, 5.41) is 11.2. The molecule has 0 spiro atoms. The number of aromatic nitrogens is 2. The number of ether oxygens (including phenoxy) is 1. The third-order valence-electron chi connectivity index (χ3n) is 8.76. The van der Waals surface area contributed by atoms with Crippen LogP contribution in [0.3, 0.4) is 0 Å². The first kappa shape index (κ1) is 28.7. The molecule has 1 aromatic carbocycles. The topological polar surface area (TPSA) is 75.5 Å². The molecule has 0 aliphatic heterocycles. The number of thiazole rings is 1. The van der Waals surface area contributed by atoms with Crippen molar-refractivity contribution in [2.75, 3.05) is 18.6 Å². The Morgan fingerprint density at radius 2 is 1.82 bits per heavy atom. The third-order valence-corrected chi connectivity index (χ3v) is 10.1. The van der Waals surface area contributed by atoms with Gasteiger partial charge in [-0.05, 0) is 94.0 Å². The molecule has 214 valence electrons. The van der Waals surface area contributed by atoms with Gasteiger partial charge in [-0.2, -0.15) is 0 Å². The van der Waals surface area contributed by atoms with Gasteiger partial charge in [-0.25, -0.2) is 4.98 Å². The molecular weight excluding hydrogens is 518 g/mol. The Bertz CT molecular complexity index is 1290. The molecule has 0 radical (unpaired) electrons. The van der Waals surface area contributed by atoms with E-state index in [0.29, 0.717) is 30.6 Å². The first-order valence-corrected chi connectivity index (χ1v) is 15.7. The van der Waals surface area contributed by atoms with Crippen LogP contribution in [0.2, 0.25) is 0 Å². The average molecular weight is 562 g/mol. The van der Waals surface area contributed by atoms with E-state index >= 15 is 0 Å². The van der Waals surface area contributed by atoms with Gasteiger partial charge < -0.3 is 14.7 Å². The van der Waals surface area contributed by atoms with Crippen LogP contribution < -0.4 is 9.64 Å². The zero-order valence-corrected chi connectivity index (χ0v) is 25.1. The number of aryl methyl sites for hydroxylation is 1.